The maximum absolute atomic E-state index is 3.62. The van der Waals surface area contributed by atoms with Crippen molar-refractivity contribution in [1.29, 1.82) is 0 Å². The van der Waals surface area contributed by atoms with Crippen LogP contribution in [0.15, 0.2) is 17.0 Å². The molecule has 2 N–H and O–H groups in total. The largest absolute Gasteiger partial charge is 0.379 e. The number of hydrogen-bond acceptors (Lipinski definition) is 3. The van der Waals surface area contributed by atoms with Gasteiger partial charge in [0.25, 0.3) is 0 Å². The lowest BCUT2D eigenvalue weighted by molar-refractivity contribution is 0.700. The van der Waals surface area contributed by atoms with Crippen molar-refractivity contribution in [1.82, 2.24) is 5.32 Å². The highest BCUT2D eigenvalue weighted by Gasteiger charge is 2.20. The molecule has 0 saturated carbocycles. The molecule has 1 aliphatic heterocycles. The van der Waals surface area contributed by atoms with Gasteiger partial charge in [0, 0.05) is 23.2 Å². The second-order valence-electron chi connectivity index (χ2n) is 4.11. The number of benzene rings is 1. The van der Waals surface area contributed by atoms with Gasteiger partial charge in [-0.3, -0.25) is 0 Å². The average molecular weight is 222 g/mol. The molecule has 1 aromatic rings. The molecule has 2 rings (SSSR count). The van der Waals surface area contributed by atoms with Gasteiger partial charge in [-0.2, -0.15) is 0 Å². The van der Waals surface area contributed by atoms with Gasteiger partial charge in [0.15, 0.2) is 0 Å². The Bertz CT molecular complexity index is 363. The number of likely N-dealkylation sites (N-methyl/N-ethyl adjacent to an activating group) is 1. The molecule has 1 atom stereocenters. The highest BCUT2D eigenvalue weighted by molar-refractivity contribution is 7.99. The molecule has 0 aliphatic carbocycles. The number of fused-ring (bicyclic) bond motifs is 1. The zero-order valence-corrected chi connectivity index (χ0v) is 10.4. The first-order valence-corrected chi connectivity index (χ1v) is 6.35. The lowest BCUT2D eigenvalue weighted by atomic mass is 10.1. The van der Waals surface area contributed by atoms with E-state index in [1.165, 1.54) is 21.7 Å². The van der Waals surface area contributed by atoms with E-state index in [0.29, 0.717) is 6.04 Å². The molecular formula is C12H18N2S. The SMILES string of the molecule is CNCC1CSc2c(C)ccc(C)c2N1. The third-order valence-electron chi connectivity index (χ3n) is 2.79. The Balaban J connectivity index is 2.28. The van der Waals surface area contributed by atoms with E-state index >= 15 is 0 Å². The molecule has 0 bridgehead atoms. The smallest absolute Gasteiger partial charge is 0.0513 e. The summed E-state index contributed by atoms with van der Waals surface area (Å²) in [6.07, 6.45) is 0. The number of thioether (sulfide) groups is 1. The third kappa shape index (κ3) is 2.13. The summed E-state index contributed by atoms with van der Waals surface area (Å²) in [5.41, 5.74) is 4.08. The molecular weight excluding hydrogens is 204 g/mol. The molecule has 1 aromatic carbocycles. The van der Waals surface area contributed by atoms with Crippen molar-refractivity contribution in [3.05, 3.63) is 23.3 Å². The maximum Gasteiger partial charge on any atom is 0.0513 e. The van der Waals surface area contributed by atoms with Crippen LogP contribution < -0.4 is 10.6 Å². The summed E-state index contributed by atoms with van der Waals surface area (Å²) in [4.78, 5) is 1.43. The molecule has 0 radical (unpaired) electrons. The molecule has 82 valence electrons. The Morgan fingerprint density at radius 2 is 2.13 bits per heavy atom. The minimum atomic E-state index is 0.549. The standard InChI is InChI=1S/C12H18N2S/c1-8-4-5-9(2)12-11(8)14-10(6-13-3)7-15-12/h4-5,10,13-14H,6-7H2,1-3H3. The monoisotopic (exact) mass is 222 g/mol. The van der Waals surface area contributed by atoms with Gasteiger partial charge < -0.3 is 10.6 Å². The Hall–Kier alpha value is -0.670. The summed E-state index contributed by atoms with van der Waals surface area (Å²) < 4.78 is 0. The van der Waals surface area contributed by atoms with Gasteiger partial charge in [-0.05, 0) is 32.0 Å². The number of aryl methyl sites for hydroxylation is 2. The molecule has 1 aliphatic rings. The van der Waals surface area contributed by atoms with Gasteiger partial charge in [-0.25, -0.2) is 0 Å². The summed E-state index contributed by atoms with van der Waals surface area (Å²) >= 11 is 1.98. The topological polar surface area (TPSA) is 24.1 Å². The molecule has 2 nitrogen and oxygen atoms in total. The predicted octanol–water partition coefficient (Wildman–Crippen LogP) is 2.41. The van der Waals surface area contributed by atoms with Crippen molar-refractivity contribution < 1.29 is 0 Å². The molecule has 0 spiro atoms. The van der Waals surface area contributed by atoms with E-state index in [4.69, 9.17) is 0 Å². The van der Waals surface area contributed by atoms with Crippen LogP contribution in [0.5, 0.6) is 0 Å². The van der Waals surface area contributed by atoms with Crippen LogP contribution in [0.1, 0.15) is 11.1 Å². The van der Waals surface area contributed by atoms with Crippen molar-refractivity contribution in [3.63, 3.8) is 0 Å². The van der Waals surface area contributed by atoms with Gasteiger partial charge >= 0.3 is 0 Å². The molecule has 1 unspecified atom stereocenters. The highest BCUT2D eigenvalue weighted by atomic mass is 32.2. The molecule has 0 saturated heterocycles. The highest BCUT2D eigenvalue weighted by Crippen LogP contribution is 2.37. The van der Waals surface area contributed by atoms with E-state index in [9.17, 15) is 0 Å². The summed E-state index contributed by atoms with van der Waals surface area (Å²) in [6, 6.07) is 4.96. The fourth-order valence-electron chi connectivity index (χ4n) is 1.94. The second kappa shape index (κ2) is 4.45. The van der Waals surface area contributed by atoms with Crippen molar-refractivity contribution >= 4 is 17.4 Å². The number of nitrogens with one attached hydrogen (secondary N) is 2. The van der Waals surface area contributed by atoms with Crippen molar-refractivity contribution in [2.45, 2.75) is 24.8 Å². The first kappa shape index (κ1) is 10.8. The van der Waals surface area contributed by atoms with Crippen LogP contribution in [0.2, 0.25) is 0 Å². The predicted molar refractivity (Wildman–Crippen MR) is 68.0 cm³/mol. The molecule has 0 fully saturated rings. The van der Waals surface area contributed by atoms with Gasteiger partial charge in [-0.15, -0.1) is 11.8 Å². The Morgan fingerprint density at radius 3 is 2.87 bits per heavy atom. The molecule has 1 heterocycles. The Labute approximate surface area is 95.8 Å². The minimum absolute atomic E-state index is 0.549. The minimum Gasteiger partial charge on any atom is -0.379 e. The number of anilines is 1. The molecule has 0 aromatic heterocycles. The zero-order chi connectivity index (χ0) is 10.8. The normalized spacial score (nSPS) is 19.5. The fraction of sp³-hybridized carbons (Fsp3) is 0.500. The van der Waals surface area contributed by atoms with Crippen LogP contribution in [0.3, 0.4) is 0 Å². The van der Waals surface area contributed by atoms with Gasteiger partial charge in [0.2, 0.25) is 0 Å². The van der Waals surface area contributed by atoms with Crippen LogP contribution in [0.25, 0.3) is 0 Å². The quantitative estimate of drug-likeness (QED) is 0.803. The molecule has 15 heavy (non-hydrogen) atoms. The van der Waals surface area contributed by atoms with Crippen LogP contribution in [-0.2, 0) is 0 Å². The van der Waals surface area contributed by atoms with Gasteiger partial charge in [-0.1, -0.05) is 12.1 Å². The van der Waals surface area contributed by atoms with E-state index in [2.05, 4.69) is 36.6 Å². The first-order valence-electron chi connectivity index (χ1n) is 5.36. The lowest BCUT2D eigenvalue weighted by Gasteiger charge is -2.28. The van der Waals surface area contributed by atoms with E-state index in [1.807, 2.05) is 18.8 Å². The van der Waals surface area contributed by atoms with Crippen molar-refractivity contribution in [3.8, 4) is 0 Å². The zero-order valence-electron chi connectivity index (χ0n) is 9.55. The lowest BCUT2D eigenvalue weighted by Crippen LogP contribution is -2.35. The van der Waals surface area contributed by atoms with Crippen LogP contribution in [-0.4, -0.2) is 25.4 Å². The summed E-state index contributed by atoms with van der Waals surface area (Å²) in [5.74, 6) is 1.15. The third-order valence-corrected chi connectivity index (χ3v) is 4.17. The van der Waals surface area contributed by atoms with Crippen LogP contribution in [0, 0.1) is 13.8 Å². The van der Waals surface area contributed by atoms with E-state index in [-0.39, 0.29) is 0 Å². The Morgan fingerprint density at radius 1 is 1.40 bits per heavy atom. The van der Waals surface area contributed by atoms with Crippen LogP contribution in [0.4, 0.5) is 5.69 Å². The average Bonchev–Trinajstić information content (AvgIpc) is 2.24. The maximum atomic E-state index is 3.62. The summed E-state index contributed by atoms with van der Waals surface area (Å²) in [6.45, 7) is 5.39. The van der Waals surface area contributed by atoms with E-state index < -0.39 is 0 Å². The fourth-order valence-corrected chi connectivity index (χ4v) is 3.17. The van der Waals surface area contributed by atoms with Crippen LogP contribution >= 0.6 is 11.8 Å². The Kier molecular flexibility index (Phi) is 3.22. The van der Waals surface area contributed by atoms with Crippen molar-refractivity contribution in [2.75, 3.05) is 24.7 Å². The van der Waals surface area contributed by atoms with Gasteiger partial charge in [0.1, 0.15) is 0 Å². The number of hydrogen-bond donors (Lipinski definition) is 2. The second-order valence-corrected chi connectivity index (χ2v) is 5.14. The number of rotatable bonds is 2. The van der Waals surface area contributed by atoms with Crippen molar-refractivity contribution in [2.24, 2.45) is 0 Å². The molecule has 3 heteroatoms. The van der Waals surface area contributed by atoms with E-state index in [1.54, 1.807) is 0 Å². The summed E-state index contributed by atoms with van der Waals surface area (Å²) in [5, 5.41) is 6.85. The molecule has 0 amide bonds. The van der Waals surface area contributed by atoms with Gasteiger partial charge in [0.05, 0.1) is 5.69 Å². The first-order chi connectivity index (χ1) is 7.22. The summed E-state index contributed by atoms with van der Waals surface area (Å²) in [7, 11) is 2.00. The van der Waals surface area contributed by atoms with E-state index in [0.717, 1.165) is 12.3 Å².